The molecule has 5 rings (SSSR count). The molecule has 1 aromatic heterocycles. The molecule has 170 valence electrons. The van der Waals surface area contributed by atoms with Crippen molar-refractivity contribution in [1.29, 1.82) is 0 Å². The van der Waals surface area contributed by atoms with Gasteiger partial charge in [0.1, 0.15) is 30.5 Å². The van der Waals surface area contributed by atoms with E-state index in [0.717, 1.165) is 17.1 Å². The van der Waals surface area contributed by atoms with E-state index in [-0.39, 0.29) is 5.82 Å². The Morgan fingerprint density at radius 2 is 1.82 bits per heavy atom. The molecule has 4 nitrogen and oxygen atoms in total. The van der Waals surface area contributed by atoms with Gasteiger partial charge >= 0.3 is 0 Å². The Kier molecular flexibility index (Phi) is 6.65. The molecule has 3 aromatic rings. The van der Waals surface area contributed by atoms with E-state index in [0.29, 0.717) is 36.8 Å². The third kappa shape index (κ3) is 5.07. The number of halogens is 1. The van der Waals surface area contributed by atoms with Crippen molar-refractivity contribution in [2.75, 3.05) is 13.2 Å². The topological polar surface area (TPSA) is 43.4 Å². The SMILES string of the molecule is C=C1c2ccc(OCCOc3ccc(F)cc3)cc2CC2CCC1C2NSc1cccnc1. The zero-order valence-corrected chi connectivity index (χ0v) is 19.2. The van der Waals surface area contributed by atoms with Crippen LogP contribution in [0.3, 0.4) is 0 Å². The lowest BCUT2D eigenvalue weighted by molar-refractivity contribution is 0.217. The second-order valence-corrected chi connectivity index (χ2v) is 9.49. The van der Waals surface area contributed by atoms with E-state index in [9.17, 15) is 4.39 Å². The predicted octanol–water partition coefficient (Wildman–Crippen LogP) is 5.94. The van der Waals surface area contributed by atoms with Crippen LogP contribution in [0.15, 0.2) is 78.5 Å². The maximum Gasteiger partial charge on any atom is 0.123 e. The smallest absolute Gasteiger partial charge is 0.123 e. The molecule has 0 spiro atoms. The van der Waals surface area contributed by atoms with E-state index in [4.69, 9.17) is 9.47 Å². The van der Waals surface area contributed by atoms with Crippen LogP contribution in [-0.2, 0) is 6.42 Å². The van der Waals surface area contributed by atoms with Crippen molar-refractivity contribution < 1.29 is 13.9 Å². The molecule has 0 aliphatic heterocycles. The lowest BCUT2D eigenvalue weighted by atomic mass is 9.89. The quantitative estimate of drug-likeness (QED) is 0.332. The van der Waals surface area contributed by atoms with Crippen LogP contribution in [0, 0.1) is 17.7 Å². The summed E-state index contributed by atoms with van der Waals surface area (Å²) < 4.78 is 28.3. The Labute approximate surface area is 198 Å². The molecule has 2 aliphatic rings. The Morgan fingerprint density at radius 1 is 1.03 bits per heavy atom. The van der Waals surface area contributed by atoms with Crippen molar-refractivity contribution >= 4 is 17.5 Å². The summed E-state index contributed by atoms with van der Waals surface area (Å²) in [6.45, 7) is 5.32. The highest BCUT2D eigenvalue weighted by molar-refractivity contribution is 7.97. The average molecular weight is 463 g/mol. The van der Waals surface area contributed by atoms with Crippen molar-refractivity contribution in [3.05, 3.63) is 90.5 Å². The van der Waals surface area contributed by atoms with Gasteiger partial charge in [-0.25, -0.2) is 4.39 Å². The van der Waals surface area contributed by atoms with Gasteiger partial charge in [0.05, 0.1) is 0 Å². The number of benzene rings is 2. The molecule has 2 aliphatic carbocycles. The fourth-order valence-corrected chi connectivity index (χ4v) is 5.79. The first kappa shape index (κ1) is 22.0. The van der Waals surface area contributed by atoms with Gasteiger partial charge in [-0.3, -0.25) is 9.71 Å². The average Bonchev–Trinajstić information content (AvgIpc) is 3.19. The maximum atomic E-state index is 13.0. The number of pyridine rings is 1. The molecule has 1 N–H and O–H groups in total. The Bertz CT molecular complexity index is 1110. The first-order valence-corrected chi connectivity index (χ1v) is 12.1. The fraction of sp³-hybridized carbons (Fsp3) is 0.296. The van der Waals surface area contributed by atoms with E-state index in [1.807, 2.05) is 18.3 Å². The second-order valence-electron chi connectivity index (χ2n) is 8.58. The van der Waals surface area contributed by atoms with Crippen LogP contribution < -0.4 is 14.2 Å². The van der Waals surface area contributed by atoms with Crippen molar-refractivity contribution in [3.8, 4) is 11.5 Å². The number of hydrogen-bond donors (Lipinski definition) is 1. The van der Waals surface area contributed by atoms with Crippen molar-refractivity contribution in [3.63, 3.8) is 0 Å². The summed E-state index contributed by atoms with van der Waals surface area (Å²) in [4.78, 5) is 5.34. The number of fused-ring (bicyclic) bond motifs is 3. The number of nitrogens with one attached hydrogen (secondary N) is 1. The monoisotopic (exact) mass is 462 g/mol. The molecule has 0 radical (unpaired) electrons. The first-order chi connectivity index (χ1) is 16.2. The van der Waals surface area contributed by atoms with Gasteiger partial charge < -0.3 is 9.47 Å². The van der Waals surface area contributed by atoms with Crippen LogP contribution in [0.2, 0.25) is 0 Å². The number of rotatable bonds is 8. The van der Waals surface area contributed by atoms with Gasteiger partial charge in [-0.2, -0.15) is 0 Å². The van der Waals surface area contributed by atoms with Gasteiger partial charge in [0.25, 0.3) is 0 Å². The maximum absolute atomic E-state index is 13.0. The van der Waals surface area contributed by atoms with E-state index < -0.39 is 0 Å². The normalized spacial score (nSPS) is 21.4. The van der Waals surface area contributed by atoms with Crippen LogP contribution in [-0.4, -0.2) is 24.2 Å². The van der Waals surface area contributed by atoms with Gasteiger partial charge in [-0.15, -0.1) is 0 Å². The highest BCUT2D eigenvalue weighted by Gasteiger charge is 2.41. The Balaban J connectivity index is 1.21. The minimum absolute atomic E-state index is 0.271. The van der Waals surface area contributed by atoms with E-state index in [1.165, 1.54) is 41.7 Å². The van der Waals surface area contributed by atoms with Crippen molar-refractivity contribution in [2.24, 2.45) is 11.8 Å². The van der Waals surface area contributed by atoms with Crippen LogP contribution >= 0.6 is 11.9 Å². The van der Waals surface area contributed by atoms with Crippen molar-refractivity contribution in [1.82, 2.24) is 9.71 Å². The Hall–Kier alpha value is -2.83. The van der Waals surface area contributed by atoms with Crippen molar-refractivity contribution in [2.45, 2.75) is 30.2 Å². The lowest BCUT2D eigenvalue weighted by Gasteiger charge is -2.24. The summed E-state index contributed by atoms with van der Waals surface area (Å²) in [5.74, 6) is 2.21. The minimum atomic E-state index is -0.271. The molecule has 6 heteroatoms. The van der Waals surface area contributed by atoms with Crippen LogP contribution in [0.1, 0.15) is 24.0 Å². The zero-order valence-electron chi connectivity index (χ0n) is 18.4. The van der Waals surface area contributed by atoms with Gasteiger partial charge in [-0.1, -0.05) is 12.6 Å². The summed E-state index contributed by atoms with van der Waals surface area (Å²) in [5, 5.41) is 0. The molecule has 3 atom stereocenters. The lowest BCUT2D eigenvalue weighted by Crippen LogP contribution is -2.33. The molecular formula is C27H27FN2O2S. The summed E-state index contributed by atoms with van der Waals surface area (Å²) in [6, 6.07) is 16.8. The third-order valence-electron chi connectivity index (χ3n) is 6.52. The molecule has 1 fully saturated rings. The molecule has 0 amide bonds. The van der Waals surface area contributed by atoms with Crippen LogP contribution in [0.4, 0.5) is 4.39 Å². The Morgan fingerprint density at radius 3 is 2.61 bits per heavy atom. The highest BCUT2D eigenvalue weighted by Crippen LogP contribution is 2.46. The van der Waals surface area contributed by atoms with Gasteiger partial charge in [0, 0.05) is 29.2 Å². The second kappa shape index (κ2) is 9.98. The molecular weight excluding hydrogens is 435 g/mol. The van der Waals surface area contributed by atoms with Gasteiger partial charge in [-0.05, 0) is 102 Å². The molecule has 1 saturated carbocycles. The minimum Gasteiger partial charge on any atom is -0.490 e. The van der Waals surface area contributed by atoms with Gasteiger partial charge in [0.2, 0.25) is 0 Å². The molecule has 33 heavy (non-hydrogen) atoms. The van der Waals surface area contributed by atoms with Gasteiger partial charge in [0.15, 0.2) is 0 Å². The first-order valence-electron chi connectivity index (χ1n) is 11.3. The summed E-state index contributed by atoms with van der Waals surface area (Å²) in [7, 11) is 0. The molecule has 1 heterocycles. The summed E-state index contributed by atoms with van der Waals surface area (Å²) >= 11 is 1.67. The molecule has 3 unspecified atom stereocenters. The van der Waals surface area contributed by atoms with Crippen LogP contribution in [0.25, 0.3) is 5.57 Å². The number of ether oxygens (including phenoxy) is 2. The number of hydrogen-bond acceptors (Lipinski definition) is 5. The number of aromatic nitrogens is 1. The summed E-state index contributed by atoms with van der Waals surface area (Å²) in [6.07, 6.45) is 7.08. The predicted molar refractivity (Wildman–Crippen MR) is 130 cm³/mol. The van der Waals surface area contributed by atoms with Crippen LogP contribution in [0.5, 0.6) is 11.5 Å². The standard InChI is InChI=1S/C27H27FN2O2S/c1-18-25-11-9-23(32-14-13-31-22-7-5-21(28)6-8-22)16-20(25)15-19-4-10-26(18)27(19)30-33-24-3-2-12-29-17-24/h2-3,5-9,11-12,16-17,19,26-27,30H,1,4,10,13-15H2. The summed E-state index contributed by atoms with van der Waals surface area (Å²) in [5.41, 5.74) is 3.79. The third-order valence-corrected chi connectivity index (χ3v) is 7.39. The van der Waals surface area contributed by atoms with E-state index in [1.54, 1.807) is 30.3 Å². The molecule has 2 aromatic carbocycles. The molecule has 0 saturated heterocycles. The zero-order chi connectivity index (χ0) is 22.6. The largest absolute Gasteiger partial charge is 0.490 e. The number of nitrogens with zero attached hydrogens (tertiary/aromatic N) is 1. The van der Waals surface area contributed by atoms with E-state index in [2.05, 4.69) is 34.5 Å². The highest BCUT2D eigenvalue weighted by atomic mass is 32.2. The van der Waals surface area contributed by atoms with E-state index >= 15 is 0 Å². The fourth-order valence-electron chi connectivity index (χ4n) is 4.90. The molecule has 2 bridgehead atoms.